The maximum absolute atomic E-state index is 13.4. The van der Waals surface area contributed by atoms with E-state index in [2.05, 4.69) is 0 Å². The van der Waals surface area contributed by atoms with Crippen LogP contribution in [-0.4, -0.2) is 112 Å². The van der Waals surface area contributed by atoms with Gasteiger partial charge in [-0.25, -0.2) is 0 Å². The molecule has 15 nitrogen and oxygen atoms in total. The van der Waals surface area contributed by atoms with E-state index in [-0.39, 0.29) is 11.3 Å². The van der Waals surface area contributed by atoms with Crippen molar-refractivity contribution < 1.29 is 70.1 Å². The Balaban J connectivity index is 1.82. The van der Waals surface area contributed by atoms with E-state index < -0.39 is 119 Å². The van der Waals surface area contributed by atoms with Gasteiger partial charge < -0.3 is 70.1 Å². The molecule has 2 aromatic carbocycles. The Hall–Kier alpha value is -3.51. The highest BCUT2D eigenvalue weighted by Crippen LogP contribution is 2.50. The number of ether oxygens (including phenoxy) is 2. The molecule has 0 saturated carbocycles. The highest BCUT2D eigenvalue weighted by atomic mass is 16.5. The van der Waals surface area contributed by atoms with Crippen LogP contribution >= 0.6 is 0 Å². The monoisotopic (exact) mass is 580 g/mol. The van der Waals surface area contributed by atoms with Crippen molar-refractivity contribution in [3.05, 3.63) is 45.6 Å². The lowest BCUT2D eigenvalue weighted by Gasteiger charge is -2.41. The molecular formula is C26H28O15. The number of aliphatic hydroxyl groups is 7. The van der Waals surface area contributed by atoms with Crippen molar-refractivity contribution in [2.75, 3.05) is 13.2 Å². The Morgan fingerprint density at radius 2 is 1.44 bits per heavy atom. The lowest BCUT2D eigenvalue weighted by molar-refractivity contribution is -0.231. The lowest BCUT2D eigenvalue weighted by Crippen LogP contribution is -2.55. The van der Waals surface area contributed by atoms with Crippen molar-refractivity contribution in [3.63, 3.8) is 0 Å². The van der Waals surface area contributed by atoms with E-state index in [0.29, 0.717) is 0 Å². The van der Waals surface area contributed by atoms with Crippen molar-refractivity contribution in [1.29, 1.82) is 0 Å². The van der Waals surface area contributed by atoms with Crippen LogP contribution in [-0.2, 0) is 9.47 Å². The van der Waals surface area contributed by atoms with Crippen LogP contribution in [0.1, 0.15) is 23.3 Å². The Kier molecular flexibility index (Phi) is 7.58. The summed E-state index contributed by atoms with van der Waals surface area (Å²) in [4.78, 5) is 13.4. The number of rotatable bonds is 4. The van der Waals surface area contributed by atoms with Gasteiger partial charge in [0.25, 0.3) is 0 Å². The first-order valence-corrected chi connectivity index (χ1v) is 12.4. The molecular weight excluding hydrogens is 552 g/mol. The van der Waals surface area contributed by atoms with Crippen molar-refractivity contribution >= 4 is 11.0 Å². The fourth-order valence-electron chi connectivity index (χ4n) is 5.16. The molecule has 2 saturated heterocycles. The highest BCUT2D eigenvalue weighted by Gasteiger charge is 2.48. The highest BCUT2D eigenvalue weighted by molar-refractivity contribution is 5.92. The van der Waals surface area contributed by atoms with Crippen LogP contribution in [0.25, 0.3) is 22.3 Å². The summed E-state index contributed by atoms with van der Waals surface area (Å²) in [5, 5.41) is 114. The molecule has 3 aromatic rings. The fourth-order valence-corrected chi connectivity index (χ4v) is 5.16. The maximum atomic E-state index is 13.4. The molecule has 11 N–H and O–H groups in total. The number of aliphatic hydroxyl groups excluding tert-OH is 7. The summed E-state index contributed by atoms with van der Waals surface area (Å²) in [6, 6.07) is 4.34. The van der Waals surface area contributed by atoms with E-state index in [1.54, 1.807) is 0 Å². The van der Waals surface area contributed by atoms with Crippen LogP contribution in [0.5, 0.6) is 23.0 Å². The van der Waals surface area contributed by atoms with E-state index in [1.165, 1.54) is 6.07 Å². The van der Waals surface area contributed by atoms with Crippen molar-refractivity contribution in [2.45, 2.75) is 54.9 Å². The topological polar surface area (TPSA) is 271 Å². The molecule has 0 amide bonds. The normalized spacial score (nSPS) is 32.3. The first kappa shape index (κ1) is 29.0. The zero-order chi connectivity index (χ0) is 29.9. The smallest absolute Gasteiger partial charge is 0.197 e. The SMILES string of the molecule is O=c1cc(-c2ccc(O)c(O)c2)oc2c([C@H]3O[C@H](CO)[C@H](O)[C@H](O)[C@H]3O)c(O)c([C@@H]3OC[C@H](O)[C@H](O)[C@H]3O)c(O)c12. The summed E-state index contributed by atoms with van der Waals surface area (Å²) in [5.41, 5.74) is -2.68. The zero-order valence-electron chi connectivity index (χ0n) is 21.0. The van der Waals surface area contributed by atoms with Gasteiger partial charge in [-0.2, -0.15) is 0 Å². The van der Waals surface area contributed by atoms with Gasteiger partial charge in [0, 0.05) is 11.6 Å². The van der Waals surface area contributed by atoms with Crippen LogP contribution < -0.4 is 5.43 Å². The first-order chi connectivity index (χ1) is 19.4. The van der Waals surface area contributed by atoms with Gasteiger partial charge in [-0.15, -0.1) is 0 Å². The number of hydrogen-bond acceptors (Lipinski definition) is 15. The molecule has 2 aliphatic rings. The largest absolute Gasteiger partial charge is 0.507 e. The van der Waals surface area contributed by atoms with Crippen LogP contribution in [0.15, 0.2) is 33.5 Å². The number of phenols is 4. The summed E-state index contributed by atoms with van der Waals surface area (Å²) < 4.78 is 16.8. The average molecular weight is 580 g/mol. The first-order valence-electron chi connectivity index (χ1n) is 12.4. The van der Waals surface area contributed by atoms with E-state index in [9.17, 15) is 61.0 Å². The molecule has 0 bridgehead atoms. The second-order valence-corrected chi connectivity index (χ2v) is 9.96. The minimum absolute atomic E-state index is 0.0604. The van der Waals surface area contributed by atoms with Gasteiger partial charge in [-0.05, 0) is 18.2 Å². The number of fused-ring (bicyclic) bond motifs is 1. The van der Waals surface area contributed by atoms with Crippen LogP contribution in [0.2, 0.25) is 0 Å². The molecule has 0 aliphatic carbocycles. The van der Waals surface area contributed by atoms with Gasteiger partial charge >= 0.3 is 0 Å². The fraction of sp³-hybridized carbons (Fsp3) is 0.423. The summed E-state index contributed by atoms with van der Waals surface area (Å²) in [6.45, 7) is -1.39. The Labute approximate surface area is 229 Å². The molecule has 9 atom stereocenters. The second-order valence-electron chi connectivity index (χ2n) is 9.96. The molecule has 0 radical (unpaired) electrons. The van der Waals surface area contributed by atoms with Gasteiger partial charge in [0.2, 0.25) is 0 Å². The standard InChI is InChI=1S/C26H28O15/c27-5-13-18(33)21(36)23(38)26(41-13)16-20(35)15(25-22(37)17(32)11(31)6-39-25)19(34)14-10(30)4-12(40-24(14)16)7-1-2-8(28)9(29)3-7/h1-4,11,13,17-18,21-23,25-29,31-38H,5-6H2/t11-,13+,17-,18-,21-,22+,23+,25-,26+/m0/s1. The molecule has 2 fully saturated rings. The summed E-state index contributed by atoms with van der Waals surface area (Å²) in [6.07, 6.45) is -16.0. The van der Waals surface area contributed by atoms with Crippen LogP contribution in [0.4, 0.5) is 0 Å². The van der Waals surface area contributed by atoms with E-state index >= 15 is 0 Å². The average Bonchev–Trinajstić information content (AvgIpc) is 2.93. The number of phenolic OH excluding ortho intramolecular Hbond substituents is 4. The van der Waals surface area contributed by atoms with Crippen molar-refractivity contribution in [2.24, 2.45) is 0 Å². The van der Waals surface area contributed by atoms with Crippen LogP contribution in [0, 0.1) is 0 Å². The Morgan fingerprint density at radius 3 is 2.10 bits per heavy atom. The summed E-state index contributed by atoms with van der Waals surface area (Å²) in [7, 11) is 0. The van der Waals surface area contributed by atoms with Crippen LogP contribution in [0.3, 0.4) is 0 Å². The Bertz CT molecular complexity index is 1520. The predicted octanol–water partition coefficient (Wildman–Crippen LogP) is -2.05. The zero-order valence-corrected chi connectivity index (χ0v) is 21.0. The number of benzene rings is 2. The van der Waals surface area contributed by atoms with E-state index in [4.69, 9.17) is 13.9 Å². The van der Waals surface area contributed by atoms with E-state index in [0.717, 1.165) is 18.2 Å². The van der Waals surface area contributed by atoms with Crippen molar-refractivity contribution in [1.82, 2.24) is 0 Å². The van der Waals surface area contributed by atoms with Gasteiger partial charge in [-0.1, -0.05) is 0 Å². The summed E-state index contributed by atoms with van der Waals surface area (Å²) in [5.74, 6) is -3.21. The van der Waals surface area contributed by atoms with Crippen molar-refractivity contribution in [3.8, 4) is 34.3 Å². The quantitative estimate of drug-likeness (QED) is 0.148. The van der Waals surface area contributed by atoms with Gasteiger partial charge in [0.05, 0.1) is 24.3 Å². The Morgan fingerprint density at radius 1 is 0.756 bits per heavy atom. The molecule has 5 rings (SSSR count). The third-order valence-corrected chi connectivity index (χ3v) is 7.42. The molecule has 0 spiro atoms. The lowest BCUT2D eigenvalue weighted by atomic mass is 9.85. The van der Waals surface area contributed by atoms with Gasteiger partial charge in [0.1, 0.15) is 77.6 Å². The minimum atomic E-state index is -2.00. The molecule has 222 valence electrons. The maximum Gasteiger partial charge on any atom is 0.197 e. The van der Waals surface area contributed by atoms with E-state index in [1.807, 2.05) is 0 Å². The molecule has 0 unspecified atom stereocenters. The molecule has 41 heavy (non-hydrogen) atoms. The minimum Gasteiger partial charge on any atom is -0.507 e. The third kappa shape index (κ3) is 4.66. The van der Waals surface area contributed by atoms with Gasteiger partial charge in [0.15, 0.2) is 22.5 Å². The molecule has 15 heteroatoms. The second kappa shape index (κ2) is 10.7. The number of hydrogen-bond donors (Lipinski definition) is 11. The molecule has 1 aromatic heterocycles. The number of aromatic hydroxyl groups is 4. The van der Waals surface area contributed by atoms with Gasteiger partial charge in [-0.3, -0.25) is 4.79 Å². The predicted molar refractivity (Wildman–Crippen MR) is 134 cm³/mol. The molecule has 2 aliphatic heterocycles. The third-order valence-electron chi connectivity index (χ3n) is 7.42. The summed E-state index contributed by atoms with van der Waals surface area (Å²) >= 11 is 0. The molecule has 3 heterocycles.